The van der Waals surface area contributed by atoms with Crippen LogP contribution in [0.15, 0.2) is 21.3 Å². The lowest BCUT2D eigenvalue weighted by Gasteiger charge is -2.37. The highest BCUT2D eigenvalue weighted by Gasteiger charge is 2.36. The zero-order valence-electron chi connectivity index (χ0n) is 12.4. The van der Waals surface area contributed by atoms with Gasteiger partial charge >= 0.3 is 0 Å². The number of aromatic nitrogens is 2. The molecule has 0 radical (unpaired) electrons. The fourth-order valence-electron chi connectivity index (χ4n) is 3.34. The van der Waals surface area contributed by atoms with Crippen LogP contribution in [0.25, 0.3) is 11.4 Å². The molecule has 0 N–H and O–H groups in total. The number of carbonyl (C=O) groups is 1. The van der Waals surface area contributed by atoms with E-state index in [2.05, 4.69) is 10.1 Å². The van der Waals surface area contributed by atoms with Gasteiger partial charge in [-0.3, -0.25) is 4.79 Å². The van der Waals surface area contributed by atoms with Crippen LogP contribution in [0.4, 0.5) is 0 Å². The molecule has 116 valence electrons. The third-order valence-corrected chi connectivity index (χ3v) is 5.43. The summed E-state index contributed by atoms with van der Waals surface area (Å²) in [4.78, 5) is 18.6. The van der Waals surface area contributed by atoms with E-state index in [1.54, 1.807) is 11.3 Å². The van der Waals surface area contributed by atoms with Gasteiger partial charge < -0.3 is 9.42 Å². The molecule has 1 amide bonds. The first-order chi connectivity index (χ1) is 10.8. The second-order valence-electron chi connectivity index (χ2n) is 6.32. The summed E-state index contributed by atoms with van der Waals surface area (Å²) < 4.78 is 5.36. The van der Waals surface area contributed by atoms with Crippen LogP contribution >= 0.6 is 11.3 Å². The molecule has 2 aromatic rings. The molecule has 0 aromatic carbocycles. The number of thiophene rings is 1. The van der Waals surface area contributed by atoms with E-state index in [1.165, 1.54) is 25.7 Å². The number of hydrogen-bond donors (Lipinski definition) is 0. The molecule has 5 nitrogen and oxygen atoms in total. The van der Waals surface area contributed by atoms with Gasteiger partial charge in [0, 0.05) is 30.5 Å². The third-order valence-electron chi connectivity index (χ3n) is 4.74. The molecule has 1 aliphatic heterocycles. The van der Waals surface area contributed by atoms with E-state index in [-0.39, 0.29) is 5.92 Å². The first-order valence-corrected chi connectivity index (χ1v) is 8.88. The van der Waals surface area contributed by atoms with Crippen molar-refractivity contribution >= 4 is 17.2 Å². The Morgan fingerprint density at radius 1 is 1.36 bits per heavy atom. The Morgan fingerprint density at radius 3 is 2.91 bits per heavy atom. The van der Waals surface area contributed by atoms with Crippen LogP contribution in [0.1, 0.15) is 43.9 Å². The lowest BCUT2D eigenvalue weighted by molar-refractivity contribution is -0.137. The average molecular weight is 317 g/mol. The third kappa shape index (κ3) is 2.67. The molecule has 3 heterocycles. The molecule has 0 bridgehead atoms. The van der Waals surface area contributed by atoms with E-state index in [0.717, 1.165) is 25.1 Å². The van der Waals surface area contributed by atoms with Crippen LogP contribution in [0.5, 0.6) is 0 Å². The second kappa shape index (κ2) is 5.83. The minimum Gasteiger partial charge on any atom is -0.341 e. The van der Waals surface area contributed by atoms with Gasteiger partial charge in [-0.15, -0.1) is 0 Å². The van der Waals surface area contributed by atoms with Crippen molar-refractivity contribution in [2.45, 2.75) is 38.0 Å². The first-order valence-electron chi connectivity index (χ1n) is 7.93. The molecule has 4 rings (SSSR count). The van der Waals surface area contributed by atoms with Crippen molar-refractivity contribution in [3.8, 4) is 11.4 Å². The van der Waals surface area contributed by atoms with Gasteiger partial charge in [0.2, 0.25) is 17.6 Å². The predicted octanol–water partition coefficient (Wildman–Crippen LogP) is 3.30. The lowest BCUT2D eigenvalue weighted by Crippen LogP contribution is -2.48. The number of hydrogen-bond acceptors (Lipinski definition) is 5. The molecule has 6 heteroatoms. The number of amides is 1. The normalized spacial score (nSPS) is 19.5. The Labute approximate surface area is 133 Å². The summed E-state index contributed by atoms with van der Waals surface area (Å²) in [5, 5.41) is 8.04. The van der Waals surface area contributed by atoms with Crippen LogP contribution in [0.3, 0.4) is 0 Å². The Morgan fingerprint density at radius 2 is 2.18 bits per heavy atom. The second-order valence-corrected chi connectivity index (χ2v) is 7.10. The molecule has 0 spiro atoms. The highest BCUT2D eigenvalue weighted by atomic mass is 32.1. The maximum atomic E-state index is 12.2. The Kier molecular flexibility index (Phi) is 3.70. The Hall–Kier alpha value is -1.69. The standard InChI is InChI=1S/C16H19N3O2S/c20-14(7-11-3-1-2-4-11)19-8-13(9-19)16-17-15(18-21-16)12-5-6-22-10-12/h5-6,10-11,13H,1-4,7-9H2. The molecule has 2 aliphatic rings. The van der Waals surface area contributed by atoms with Crippen molar-refractivity contribution in [3.63, 3.8) is 0 Å². The minimum atomic E-state index is 0.201. The Bertz CT molecular complexity index is 640. The number of nitrogens with zero attached hydrogens (tertiary/aromatic N) is 3. The largest absolute Gasteiger partial charge is 0.341 e. The number of rotatable bonds is 4. The van der Waals surface area contributed by atoms with E-state index in [4.69, 9.17) is 4.52 Å². The van der Waals surface area contributed by atoms with E-state index in [1.807, 2.05) is 21.7 Å². The van der Waals surface area contributed by atoms with Crippen molar-refractivity contribution in [2.75, 3.05) is 13.1 Å². The smallest absolute Gasteiger partial charge is 0.233 e. The van der Waals surface area contributed by atoms with E-state index in [0.29, 0.717) is 23.5 Å². The zero-order valence-corrected chi connectivity index (χ0v) is 13.2. The topological polar surface area (TPSA) is 59.2 Å². The molecule has 1 saturated heterocycles. The van der Waals surface area contributed by atoms with Crippen LogP contribution in [0, 0.1) is 5.92 Å². The van der Waals surface area contributed by atoms with E-state index >= 15 is 0 Å². The van der Waals surface area contributed by atoms with Crippen molar-refractivity contribution in [3.05, 3.63) is 22.7 Å². The van der Waals surface area contributed by atoms with Crippen LogP contribution in [0.2, 0.25) is 0 Å². The summed E-state index contributed by atoms with van der Waals surface area (Å²) in [6.07, 6.45) is 5.73. The molecule has 0 unspecified atom stereocenters. The quantitative estimate of drug-likeness (QED) is 0.868. The Balaban J connectivity index is 1.32. The van der Waals surface area contributed by atoms with Gasteiger partial charge in [0.25, 0.3) is 0 Å². The van der Waals surface area contributed by atoms with Gasteiger partial charge in [0.1, 0.15) is 0 Å². The van der Waals surface area contributed by atoms with E-state index in [9.17, 15) is 4.79 Å². The first kappa shape index (κ1) is 13.9. The monoisotopic (exact) mass is 317 g/mol. The highest BCUT2D eigenvalue weighted by Crippen LogP contribution is 2.32. The zero-order chi connectivity index (χ0) is 14.9. The maximum Gasteiger partial charge on any atom is 0.233 e. The van der Waals surface area contributed by atoms with Crippen molar-refractivity contribution in [2.24, 2.45) is 5.92 Å². The lowest BCUT2D eigenvalue weighted by atomic mass is 9.97. The minimum absolute atomic E-state index is 0.201. The SMILES string of the molecule is O=C(CC1CCCC1)N1CC(c2nc(-c3ccsc3)no2)C1. The van der Waals surface area contributed by atoms with Gasteiger partial charge in [-0.25, -0.2) is 0 Å². The summed E-state index contributed by atoms with van der Waals surface area (Å²) in [6.45, 7) is 1.44. The molecule has 1 saturated carbocycles. The van der Waals surface area contributed by atoms with Crippen LogP contribution in [-0.4, -0.2) is 34.0 Å². The fraction of sp³-hybridized carbons (Fsp3) is 0.562. The van der Waals surface area contributed by atoms with Crippen LogP contribution in [-0.2, 0) is 4.79 Å². The van der Waals surface area contributed by atoms with E-state index < -0.39 is 0 Å². The summed E-state index contributed by atoms with van der Waals surface area (Å²) in [6, 6.07) is 1.98. The average Bonchev–Trinajstić information content (AvgIpc) is 3.19. The van der Waals surface area contributed by atoms with Gasteiger partial charge in [-0.05, 0) is 30.2 Å². The molecule has 1 aliphatic carbocycles. The highest BCUT2D eigenvalue weighted by molar-refractivity contribution is 7.08. The molecule has 22 heavy (non-hydrogen) atoms. The van der Waals surface area contributed by atoms with Gasteiger partial charge in [-0.2, -0.15) is 16.3 Å². The van der Waals surface area contributed by atoms with Gasteiger partial charge in [0.15, 0.2) is 0 Å². The van der Waals surface area contributed by atoms with Crippen molar-refractivity contribution in [1.82, 2.24) is 15.0 Å². The summed E-state index contributed by atoms with van der Waals surface area (Å²) in [5.41, 5.74) is 0.994. The van der Waals surface area contributed by atoms with Crippen molar-refractivity contribution < 1.29 is 9.32 Å². The summed E-state index contributed by atoms with van der Waals surface area (Å²) >= 11 is 1.62. The van der Waals surface area contributed by atoms with Gasteiger partial charge in [0.05, 0.1) is 5.92 Å². The molecule has 0 atom stereocenters. The number of carbonyl (C=O) groups excluding carboxylic acids is 1. The molecular formula is C16H19N3O2S. The molecule has 2 aromatic heterocycles. The fourth-order valence-corrected chi connectivity index (χ4v) is 3.97. The number of likely N-dealkylation sites (tertiary alicyclic amines) is 1. The van der Waals surface area contributed by atoms with Gasteiger partial charge in [-0.1, -0.05) is 18.0 Å². The maximum absolute atomic E-state index is 12.2. The molecular weight excluding hydrogens is 298 g/mol. The predicted molar refractivity (Wildman–Crippen MR) is 83.5 cm³/mol. The summed E-state index contributed by atoms with van der Waals surface area (Å²) in [7, 11) is 0. The van der Waals surface area contributed by atoms with Crippen LogP contribution < -0.4 is 0 Å². The molecule has 2 fully saturated rings. The summed E-state index contributed by atoms with van der Waals surface area (Å²) in [5.74, 6) is 2.41. The van der Waals surface area contributed by atoms with Crippen molar-refractivity contribution in [1.29, 1.82) is 0 Å².